The van der Waals surface area contributed by atoms with Crippen LogP contribution in [0.4, 0.5) is 21.5 Å². The second kappa shape index (κ2) is 5.88. The summed E-state index contributed by atoms with van der Waals surface area (Å²) in [7, 11) is 0. The van der Waals surface area contributed by atoms with Gasteiger partial charge in [0.15, 0.2) is 0 Å². The van der Waals surface area contributed by atoms with E-state index in [9.17, 15) is 19.3 Å². The van der Waals surface area contributed by atoms with Crippen LogP contribution in [0.3, 0.4) is 0 Å². The lowest BCUT2D eigenvalue weighted by atomic mass is 10.1. The summed E-state index contributed by atoms with van der Waals surface area (Å²) in [4.78, 5) is 22.1. The smallest absolute Gasteiger partial charge is 0.283 e. The Bertz CT molecular complexity index is 737. The zero-order chi connectivity index (χ0) is 15.6. The SMILES string of the molecule is Nc1c(F)cccc1C(=O)Nc1ccc([N+](=O)[O-])c(Br)c1. The molecule has 0 fully saturated rings. The normalized spacial score (nSPS) is 10.2. The predicted molar refractivity (Wildman–Crippen MR) is 79.6 cm³/mol. The summed E-state index contributed by atoms with van der Waals surface area (Å²) in [5, 5.41) is 13.2. The number of nitrogens with two attached hydrogens (primary N) is 1. The number of benzene rings is 2. The largest absolute Gasteiger partial charge is 0.396 e. The fourth-order valence-corrected chi connectivity index (χ4v) is 2.19. The molecule has 1 amide bonds. The molecule has 2 aromatic rings. The molecular weight excluding hydrogens is 345 g/mol. The van der Waals surface area contributed by atoms with Crippen molar-refractivity contribution in [1.82, 2.24) is 0 Å². The first-order valence-corrected chi connectivity index (χ1v) is 6.48. The van der Waals surface area contributed by atoms with E-state index in [0.29, 0.717) is 5.69 Å². The summed E-state index contributed by atoms with van der Waals surface area (Å²) in [5.41, 5.74) is 5.43. The first-order chi connectivity index (χ1) is 9.90. The summed E-state index contributed by atoms with van der Waals surface area (Å²) >= 11 is 3.04. The quantitative estimate of drug-likeness (QED) is 0.502. The number of nitro groups is 1. The second-order valence-corrected chi connectivity index (χ2v) is 4.93. The summed E-state index contributed by atoms with van der Waals surface area (Å²) in [6, 6.07) is 7.89. The Kier molecular flexibility index (Phi) is 4.18. The number of carbonyl (C=O) groups excluding carboxylic acids is 1. The van der Waals surface area contributed by atoms with E-state index in [1.54, 1.807) is 0 Å². The van der Waals surface area contributed by atoms with Gasteiger partial charge in [0.2, 0.25) is 0 Å². The zero-order valence-electron chi connectivity index (χ0n) is 10.5. The van der Waals surface area contributed by atoms with Crippen LogP contribution in [0.25, 0.3) is 0 Å². The third-order valence-electron chi connectivity index (χ3n) is 2.70. The van der Waals surface area contributed by atoms with Gasteiger partial charge in [-0.15, -0.1) is 0 Å². The predicted octanol–water partition coefficient (Wildman–Crippen LogP) is 3.33. The van der Waals surface area contributed by atoms with Gasteiger partial charge in [-0.3, -0.25) is 14.9 Å². The highest BCUT2D eigenvalue weighted by atomic mass is 79.9. The molecule has 0 aliphatic carbocycles. The summed E-state index contributed by atoms with van der Waals surface area (Å²) in [6.07, 6.45) is 0. The molecule has 0 spiro atoms. The number of carbonyl (C=O) groups is 1. The Labute approximate surface area is 127 Å². The molecular formula is C13H9BrFN3O3. The van der Waals surface area contributed by atoms with Crippen LogP contribution in [-0.2, 0) is 0 Å². The molecule has 0 radical (unpaired) electrons. The molecule has 3 N–H and O–H groups in total. The number of hydrogen-bond donors (Lipinski definition) is 2. The Morgan fingerprint density at radius 1 is 1.33 bits per heavy atom. The lowest BCUT2D eigenvalue weighted by Crippen LogP contribution is -2.14. The van der Waals surface area contributed by atoms with E-state index in [4.69, 9.17) is 5.73 Å². The molecule has 108 valence electrons. The Morgan fingerprint density at radius 2 is 2.05 bits per heavy atom. The van der Waals surface area contributed by atoms with Crippen molar-refractivity contribution in [1.29, 1.82) is 0 Å². The molecule has 8 heteroatoms. The van der Waals surface area contributed by atoms with Crippen LogP contribution in [-0.4, -0.2) is 10.8 Å². The van der Waals surface area contributed by atoms with E-state index >= 15 is 0 Å². The Morgan fingerprint density at radius 3 is 2.67 bits per heavy atom. The highest BCUT2D eigenvalue weighted by molar-refractivity contribution is 9.10. The molecule has 0 aromatic heterocycles. The van der Waals surface area contributed by atoms with Crippen LogP contribution in [0.5, 0.6) is 0 Å². The number of nitrogens with zero attached hydrogens (tertiary/aromatic N) is 1. The molecule has 0 bridgehead atoms. The number of nitrogens with one attached hydrogen (secondary N) is 1. The Hall–Kier alpha value is -2.48. The van der Waals surface area contributed by atoms with Crippen LogP contribution in [0.15, 0.2) is 40.9 Å². The molecule has 0 heterocycles. The van der Waals surface area contributed by atoms with Crippen molar-refractivity contribution in [2.45, 2.75) is 0 Å². The van der Waals surface area contributed by atoms with Crippen molar-refractivity contribution in [2.24, 2.45) is 0 Å². The van der Waals surface area contributed by atoms with Crippen molar-refractivity contribution in [3.63, 3.8) is 0 Å². The maximum atomic E-state index is 13.3. The van der Waals surface area contributed by atoms with E-state index in [0.717, 1.165) is 6.07 Å². The summed E-state index contributed by atoms with van der Waals surface area (Å²) in [5.74, 6) is -1.29. The number of halogens is 2. The molecule has 21 heavy (non-hydrogen) atoms. The third kappa shape index (κ3) is 3.16. The maximum absolute atomic E-state index is 13.3. The van der Waals surface area contributed by atoms with Gasteiger partial charge in [0, 0.05) is 11.8 Å². The van der Waals surface area contributed by atoms with Crippen molar-refractivity contribution >= 4 is 38.9 Å². The molecule has 2 aromatic carbocycles. The van der Waals surface area contributed by atoms with Gasteiger partial charge in [-0.1, -0.05) is 6.07 Å². The van der Waals surface area contributed by atoms with Crippen LogP contribution < -0.4 is 11.1 Å². The van der Waals surface area contributed by atoms with E-state index in [1.165, 1.54) is 30.3 Å². The van der Waals surface area contributed by atoms with Gasteiger partial charge in [-0.25, -0.2) is 4.39 Å². The maximum Gasteiger partial charge on any atom is 0.283 e. The zero-order valence-corrected chi connectivity index (χ0v) is 12.1. The molecule has 0 saturated heterocycles. The van der Waals surface area contributed by atoms with Crippen LogP contribution in [0.1, 0.15) is 10.4 Å². The van der Waals surface area contributed by atoms with Gasteiger partial charge in [-0.2, -0.15) is 0 Å². The highest BCUT2D eigenvalue weighted by Gasteiger charge is 2.15. The van der Waals surface area contributed by atoms with Crippen LogP contribution in [0, 0.1) is 15.9 Å². The number of hydrogen-bond acceptors (Lipinski definition) is 4. The van der Waals surface area contributed by atoms with Gasteiger partial charge in [0.25, 0.3) is 11.6 Å². The molecule has 0 aliphatic rings. The first kappa shape index (κ1) is 14.9. The average Bonchev–Trinajstić information content (AvgIpc) is 2.41. The van der Waals surface area contributed by atoms with E-state index < -0.39 is 16.6 Å². The van der Waals surface area contributed by atoms with E-state index in [-0.39, 0.29) is 21.4 Å². The minimum Gasteiger partial charge on any atom is -0.396 e. The fourth-order valence-electron chi connectivity index (χ4n) is 1.67. The number of anilines is 2. The van der Waals surface area contributed by atoms with E-state index in [1.807, 2.05) is 0 Å². The minimum absolute atomic E-state index is 0.00975. The van der Waals surface area contributed by atoms with Crippen LogP contribution in [0.2, 0.25) is 0 Å². The molecule has 2 rings (SSSR count). The fraction of sp³-hybridized carbons (Fsp3) is 0. The molecule has 0 saturated carbocycles. The van der Waals surface area contributed by atoms with Gasteiger partial charge in [0.05, 0.1) is 20.6 Å². The standard InChI is InChI=1S/C13H9BrFN3O3/c14-9-6-7(4-5-11(9)18(20)21)17-13(19)8-2-1-3-10(15)12(8)16/h1-6H,16H2,(H,17,19). The lowest BCUT2D eigenvalue weighted by Gasteiger charge is -2.08. The summed E-state index contributed by atoms with van der Waals surface area (Å²) < 4.78 is 13.5. The molecule has 0 aliphatic heterocycles. The molecule has 6 nitrogen and oxygen atoms in total. The number of rotatable bonds is 3. The van der Waals surface area contributed by atoms with Gasteiger partial charge < -0.3 is 11.1 Å². The van der Waals surface area contributed by atoms with Crippen molar-refractivity contribution in [2.75, 3.05) is 11.1 Å². The van der Waals surface area contributed by atoms with Gasteiger partial charge in [0.1, 0.15) is 5.82 Å². The number of nitro benzene ring substituents is 1. The van der Waals surface area contributed by atoms with E-state index in [2.05, 4.69) is 21.2 Å². The highest BCUT2D eigenvalue weighted by Crippen LogP contribution is 2.28. The first-order valence-electron chi connectivity index (χ1n) is 5.69. The van der Waals surface area contributed by atoms with Crippen molar-refractivity contribution < 1.29 is 14.1 Å². The van der Waals surface area contributed by atoms with Gasteiger partial charge >= 0.3 is 0 Å². The number of para-hydroxylation sites is 1. The van der Waals surface area contributed by atoms with Gasteiger partial charge in [-0.05, 0) is 40.2 Å². The van der Waals surface area contributed by atoms with Crippen LogP contribution >= 0.6 is 15.9 Å². The Balaban J connectivity index is 2.26. The third-order valence-corrected chi connectivity index (χ3v) is 3.33. The molecule has 0 unspecified atom stereocenters. The average molecular weight is 354 g/mol. The minimum atomic E-state index is -0.687. The van der Waals surface area contributed by atoms with Crippen molar-refractivity contribution in [3.8, 4) is 0 Å². The second-order valence-electron chi connectivity index (χ2n) is 4.08. The molecule has 0 atom stereocenters. The monoisotopic (exact) mass is 353 g/mol. The number of amides is 1. The topological polar surface area (TPSA) is 98.3 Å². The summed E-state index contributed by atoms with van der Waals surface area (Å²) in [6.45, 7) is 0. The lowest BCUT2D eigenvalue weighted by molar-refractivity contribution is -0.385. The van der Waals surface area contributed by atoms with Crippen molar-refractivity contribution in [3.05, 3.63) is 62.4 Å². The number of nitrogen functional groups attached to an aromatic ring is 1.